The fourth-order valence-corrected chi connectivity index (χ4v) is 4.44. The van der Waals surface area contributed by atoms with Crippen molar-refractivity contribution in [1.82, 2.24) is 19.7 Å². The fourth-order valence-electron chi connectivity index (χ4n) is 3.67. The number of carbonyl (C=O) groups is 1. The number of hydrogen-bond acceptors (Lipinski definition) is 5. The van der Waals surface area contributed by atoms with Crippen molar-refractivity contribution in [1.29, 1.82) is 0 Å². The average Bonchev–Trinajstić information content (AvgIpc) is 3.49. The Labute approximate surface area is 170 Å². The third-order valence-electron chi connectivity index (χ3n) is 5.26. The van der Waals surface area contributed by atoms with E-state index in [1.165, 1.54) is 30.3 Å². The van der Waals surface area contributed by atoms with Gasteiger partial charge in [0.25, 0.3) is 0 Å². The molecule has 0 unspecified atom stereocenters. The maximum atomic E-state index is 13.0. The summed E-state index contributed by atoms with van der Waals surface area (Å²) in [6, 6.07) is 8.16. The molecule has 6 nitrogen and oxygen atoms in total. The first-order valence-corrected chi connectivity index (χ1v) is 10.8. The van der Waals surface area contributed by atoms with Crippen molar-refractivity contribution in [3.8, 4) is 17.1 Å². The van der Waals surface area contributed by atoms with Crippen LogP contribution in [0.1, 0.15) is 38.5 Å². The summed E-state index contributed by atoms with van der Waals surface area (Å²) in [4.78, 5) is 15.0. The van der Waals surface area contributed by atoms with Gasteiger partial charge in [0.2, 0.25) is 5.91 Å². The molecule has 4 rings (SSSR count). The van der Waals surface area contributed by atoms with Crippen molar-refractivity contribution in [3.63, 3.8) is 0 Å². The lowest BCUT2D eigenvalue weighted by Crippen LogP contribution is -2.34. The van der Waals surface area contributed by atoms with Crippen molar-refractivity contribution < 1.29 is 9.53 Å². The highest BCUT2D eigenvalue weighted by molar-refractivity contribution is 7.99. The van der Waals surface area contributed by atoms with E-state index in [0.717, 1.165) is 48.0 Å². The first-order valence-electron chi connectivity index (χ1n) is 9.85. The molecule has 1 aromatic heterocycles. The van der Waals surface area contributed by atoms with Crippen LogP contribution < -0.4 is 4.74 Å². The standard InChI is InChI=1S/C21H26N4O2S/c1-24-20(17-10-6-7-11-18(17)27-2)22-23-21(24)28-14-19(26)25(16-12-13-16)15-8-4-3-5-9-15/h6-8,10-11,16H,3-5,9,12-14H2,1-2H3. The number of amides is 1. The molecule has 1 fully saturated rings. The third kappa shape index (κ3) is 3.94. The lowest BCUT2D eigenvalue weighted by molar-refractivity contribution is -0.127. The Bertz CT molecular complexity index is 888. The molecule has 0 saturated heterocycles. The minimum Gasteiger partial charge on any atom is -0.496 e. The molecule has 0 atom stereocenters. The molecule has 0 aliphatic heterocycles. The first-order chi connectivity index (χ1) is 13.7. The molecule has 7 heteroatoms. The van der Waals surface area contributed by atoms with E-state index in [2.05, 4.69) is 21.2 Å². The molecule has 0 N–H and O–H groups in total. The molecule has 2 aliphatic rings. The van der Waals surface area contributed by atoms with E-state index < -0.39 is 0 Å². The highest BCUT2D eigenvalue weighted by atomic mass is 32.2. The topological polar surface area (TPSA) is 60.3 Å². The van der Waals surface area contributed by atoms with Crippen LogP contribution in [0.3, 0.4) is 0 Å². The van der Waals surface area contributed by atoms with Gasteiger partial charge in [0.05, 0.1) is 18.4 Å². The average molecular weight is 399 g/mol. The predicted molar refractivity (Wildman–Crippen MR) is 110 cm³/mol. The largest absolute Gasteiger partial charge is 0.496 e. The maximum Gasteiger partial charge on any atom is 0.237 e. The van der Waals surface area contributed by atoms with Crippen LogP contribution in [-0.4, -0.2) is 44.5 Å². The summed E-state index contributed by atoms with van der Waals surface area (Å²) in [5, 5.41) is 9.38. The molecule has 0 bridgehead atoms. The second kappa shape index (κ2) is 8.39. The number of allylic oxidation sites excluding steroid dienone is 2. The minimum absolute atomic E-state index is 0.183. The quantitative estimate of drug-likeness (QED) is 0.659. The summed E-state index contributed by atoms with van der Waals surface area (Å²) in [7, 11) is 3.58. The van der Waals surface area contributed by atoms with Crippen LogP contribution in [0.15, 0.2) is 41.2 Å². The van der Waals surface area contributed by atoms with Gasteiger partial charge in [-0.15, -0.1) is 10.2 Å². The van der Waals surface area contributed by atoms with Crippen LogP contribution in [0.2, 0.25) is 0 Å². The molecule has 1 saturated carbocycles. The van der Waals surface area contributed by atoms with E-state index >= 15 is 0 Å². The first kappa shape index (κ1) is 19.1. The molecule has 1 aromatic carbocycles. The van der Waals surface area contributed by atoms with Crippen LogP contribution >= 0.6 is 11.8 Å². The van der Waals surface area contributed by atoms with Crippen LogP contribution in [0, 0.1) is 0 Å². The summed E-state index contributed by atoms with van der Waals surface area (Å²) in [6.07, 6.45) is 9.02. The molecule has 2 aromatic rings. The van der Waals surface area contributed by atoms with Gasteiger partial charge in [-0.1, -0.05) is 30.0 Å². The van der Waals surface area contributed by atoms with Crippen LogP contribution in [-0.2, 0) is 11.8 Å². The second-order valence-corrected chi connectivity index (χ2v) is 8.23. The number of nitrogens with zero attached hydrogens (tertiary/aromatic N) is 4. The number of aromatic nitrogens is 3. The normalized spacial score (nSPS) is 16.6. The van der Waals surface area contributed by atoms with Crippen molar-refractivity contribution in [2.75, 3.05) is 12.9 Å². The van der Waals surface area contributed by atoms with Crippen molar-refractivity contribution in [3.05, 3.63) is 36.0 Å². The number of methoxy groups -OCH3 is 1. The van der Waals surface area contributed by atoms with Crippen molar-refractivity contribution in [2.45, 2.75) is 49.7 Å². The summed E-state index contributed by atoms with van der Waals surface area (Å²) in [5.41, 5.74) is 2.12. The number of hydrogen-bond donors (Lipinski definition) is 0. The Morgan fingerprint density at radius 1 is 1.29 bits per heavy atom. The Hall–Kier alpha value is -2.28. The number of rotatable bonds is 7. The van der Waals surface area contributed by atoms with Crippen LogP contribution in [0.4, 0.5) is 0 Å². The van der Waals surface area contributed by atoms with Gasteiger partial charge in [0, 0.05) is 18.8 Å². The monoisotopic (exact) mass is 398 g/mol. The van der Waals surface area contributed by atoms with E-state index in [0.29, 0.717) is 11.8 Å². The Kier molecular flexibility index (Phi) is 5.71. The number of para-hydroxylation sites is 1. The summed E-state index contributed by atoms with van der Waals surface area (Å²) < 4.78 is 7.37. The molecule has 1 amide bonds. The molecule has 28 heavy (non-hydrogen) atoms. The SMILES string of the molecule is COc1ccccc1-c1nnc(SCC(=O)N(C2=CCCCC2)C2CC2)n1C. The Morgan fingerprint density at radius 3 is 2.82 bits per heavy atom. The number of thioether (sulfide) groups is 1. The van der Waals surface area contributed by atoms with Crippen LogP contribution in [0.25, 0.3) is 11.4 Å². The van der Waals surface area contributed by atoms with Gasteiger partial charge in [-0.05, 0) is 50.7 Å². The third-order valence-corrected chi connectivity index (χ3v) is 6.27. The van der Waals surface area contributed by atoms with Gasteiger partial charge < -0.3 is 14.2 Å². The zero-order valence-corrected chi connectivity index (χ0v) is 17.2. The van der Waals surface area contributed by atoms with Gasteiger partial charge in [-0.2, -0.15) is 0 Å². The predicted octanol–water partition coefficient (Wildman–Crippen LogP) is 4.03. The van der Waals surface area contributed by atoms with Gasteiger partial charge in [-0.3, -0.25) is 4.79 Å². The minimum atomic E-state index is 0.183. The highest BCUT2D eigenvalue weighted by Crippen LogP contribution is 2.35. The fraction of sp³-hybridized carbons (Fsp3) is 0.476. The molecule has 1 heterocycles. The number of carbonyl (C=O) groups excluding carboxylic acids is 1. The molecule has 0 radical (unpaired) electrons. The summed E-state index contributed by atoms with van der Waals surface area (Å²) in [5.74, 6) is 2.06. The second-order valence-electron chi connectivity index (χ2n) is 7.29. The highest BCUT2D eigenvalue weighted by Gasteiger charge is 2.35. The smallest absolute Gasteiger partial charge is 0.237 e. The Morgan fingerprint density at radius 2 is 2.11 bits per heavy atom. The van der Waals surface area contributed by atoms with E-state index in [1.54, 1.807) is 7.11 Å². The summed E-state index contributed by atoms with van der Waals surface area (Å²) >= 11 is 1.45. The van der Waals surface area contributed by atoms with E-state index in [1.807, 2.05) is 35.9 Å². The van der Waals surface area contributed by atoms with Gasteiger partial charge in [-0.25, -0.2) is 0 Å². The van der Waals surface area contributed by atoms with Crippen LogP contribution in [0.5, 0.6) is 5.75 Å². The molecule has 0 spiro atoms. The van der Waals surface area contributed by atoms with Gasteiger partial charge in [0.1, 0.15) is 5.75 Å². The lowest BCUT2D eigenvalue weighted by Gasteiger charge is -2.27. The summed E-state index contributed by atoms with van der Waals surface area (Å²) in [6.45, 7) is 0. The van der Waals surface area contributed by atoms with Crippen molar-refractivity contribution in [2.24, 2.45) is 7.05 Å². The molecule has 148 valence electrons. The molecular weight excluding hydrogens is 372 g/mol. The van der Waals surface area contributed by atoms with E-state index in [9.17, 15) is 4.79 Å². The zero-order chi connectivity index (χ0) is 19.5. The van der Waals surface area contributed by atoms with Crippen molar-refractivity contribution >= 4 is 17.7 Å². The van der Waals surface area contributed by atoms with E-state index in [4.69, 9.17) is 4.74 Å². The number of benzene rings is 1. The molecule has 2 aliphatic carbocycles. The van der Waals surface area contributed by atoms with E-state index in [-0.39, 0.29) is 5.91 Å². The van der Waals surface area contributed by atoms with Gasteiger partial charge in [0.15, 0.2) is 11.0 Å². The Balaban J connectivity index is 1.47. The number of ether oxygens (including phenoxy) is 1. The zero-order valence-electron chi connectivity index (χ0n) is 16.4. The molecular formula is C21H26N4O2S. The lowest BCUT2D eigenvalue weighted by atomic mass is 10.0. The maximum absolute atomic E-state index is 13.0. The van der Waals surface area contributed by atoms with Gasteiger partial charge >= 0.3 is 0 Å².